The molecule has 0 bridgehead atoms. The molecule has 0 radical (unpaired) electrons. The number of carboxylic acid groups (broad SMARTS) is 1. The van der Waals surface area contributed by atoms with Crippen molar-refractivity contribution in [3.8, 4) is 0 Å². The van der Waals surface area contributed by atoms with E-state index in [0.29, 0.717) is 17.3 Å². The highest BCUT2D eigenvalue weighted by atomic mass is 127. The SMILES string of the molecule is C1CCNC1.CC.Cc1ccc(I)c(B(O)O)c1.O=C(Cc1ccccc1)N1CCCC1.O=C(O)Cc1ccccc1.OB(O)c1cocc1I. The van der Waals surface area contributed by atoms with E-state index in [-0.39, 0.29) is 12.3 Å². The van der Waals surface area contributed by atoms with Crippen LogP contribution in [0.3, 0.4) is 0 Å². The summed E-state index contributed by atoms with van der Waals surface area (Å²) < 4.78 is 6.28. The summed E-state index contributed by atoms with van der Waals surface area (Å²) in [5.74, 6) is -0.514. The number of amides is 1. The average Bonchev–Trinajstić information content (AvgIpc) is 3.94. The molecule has 2 saturated heterocycles. The predicted molar refractivity (Wildman–Crippen MR) is 222 cm³/mol. The van der Waals surface area contributed by atoms with Crippen LogP contribution in [-0.2, 0) is 22.4 Å². The van der Waals surface area contributed by atoms with E-state index in [1.807, 2.05) is 109 Å². The molecule has 3 aromatic carbocycles. The van der Waals surface area contributed by atoms with Crippen LogP contribution in [0.5, 0.6) is 0 Å². The molecule has 2 aliphatic rings. The molecule has 6 N–H and O–H groups in total. The number of aryl methyl sites for hydroxylation is 1. The summed E-state index contributed by atoms with van der Waals surface area (Å²) in [4.78, 5) is 23.9. The fourth-order valence-electron chi connectivity index (χ4n) is 4.58. The van der Waals surface area contributed by atoms with E-state index in [0.717, 1.165) is 36.9 Å². The van der Waals surface area contributed by atoms with Crippen LogP contribution in [0.1, 0.15) is 56.2 Å². The maximum absolute atomic E-state index is 11.7. The minimum atomic E-state index is -1.42. The van der Waals surface area contributed by atoms with Gasteiger partial charge in [0.1, 0.15) is 6.26 Å². The second-order valence-corrected chi connectivity index (χ2v) is 13.5. The van der Waals surface area contributed by atoms with E-state index in [1.54, 1.807) is 18.2 Å². The number of hydrogen-bond acceptors (Lipinski definition) is 8. The molecule has 51 heavy (non-hydrogen) atoms. The molecule has 0 atom stereocenters. The summed E-state index contributed by atoms with van der Waals surface area (Å²) in [6.45, 7) is 10.3. The number of aliphatic carboxylic acids is 1. The topological polar surface area (TPSA) is 164 Å². The van der Waals surface area contributed by atoms with Gasteiger partial charge in [-0.05, 0) is 114 Å². The van der Waals surface area contributed by atoms with Gasteiger partial charge in [0.2, 0.25) is 5.91 Å². The molecule has 0 saturated carbocycles. The Bertz CT molecular complexity index is 1500. The Kier molecular flexibility index (Phi) is 25.3. The standard InChI is InChI=1S/C12H15NO.C8H8O2.C7H8BIO2.C4H4BIO3.C4H9N.C2H6/c14-12(13-8-4-5-9-13)10-11-6-2-1-3-7-11;9-8(10)6-7-4-2-1-3-5-7;1-5-2-3-7(9)6(4-5)8(10)11;6-4-2-9-1-3(4)5(7)8;1-2-4-5-3-1;1-2/h1-3,6-7H,4-5,8-10H2;1-5H,6H2,(H,9,10);2-4,10-11H,1H3;1-2,7-8H;5H,1-4H2;1-2H3. The third-order valence-electron chi connectivity index (χ3n) is 7.16. The second-order valence-electron chi connectivity index (χ2n) is 11.2. The number of halogens is 2. The minimum absolute atomic E-state index is 0.112. The van der Waals surface area contributed by atoms with Gasteiger partial charge in [-0.2, -0.15) is 0 Å². The van der Waals surface area contributed by atoms with Crippen molar-refractivity contribution in [3.63, 3.8) is 0 Å². The van der Waals surface area contributed by atoms with E-state index < -0.39 is 20.2 Å². The second kappa shape index (κ2) is 27.9. The van der Waals surface area contributed by atoms with Crippen LogP contribution in [0.25, 0.3) is 0 Å². The zero-order valence-corrected chi connectivity index (χ0v) is 33.9. The summed E-state index contributed by atoms with van der Waals surface area (Å²) in [5, 5.41) is 46.5. The summed E-state index contributed by atoms with van der Waals surface area (Å²) in [5.41, 5.74) is 3.98. The molecule has 1 amide bonds. The van der Waals surface area contributed by atoms with E-state index >= 15 is 0 Å². The molecule has 2 fully saturated rings. The van der Waals surface area contributed by atoms with Crippen molar-refractivity contribution in [3.05, 3.63) is 115 Å². The normalized spacial score (nSPS) is 12.5. The molecule has 0 spiro atoms. The van der Waals surface area contributed by atoms with Gasteiger partial charge in [-0.3, -0.25) is 9.59 Å². The summed E-state index contributed by atoms with van der Waals surface area (Å²) >= 11 is 4.03. The Hall–Kier alpha value is -2.73. The van der Waals surface area contributed by atoms with Crippen LogP contribution in [0.2, 0.25) is 0 Å². The van der Waals surface area contributed by atoms with Crippen LogP contribution in [0.15, 0.2) is 95.8 Å². The molecular formula is C37H50B2I2N2O8. The zero-order valence-electron chi connectivity index (χ0n) is 29.5. The molecule has 3 heterocycles. The number of likely N-dealkylation sites (tertiary alicyclic amines) is 1. The van der Waals surface area contributed by atoms with Gasteiger partial charge in [0, 0.05) is 22.1 Å². The van der Waals surface area contributed by atoms with E-state index in [9.17, 15) is 9.59 Å². The van der Waals surface area contributed by atoms with Crippen molar-refractivity contribution in [1.29, 1.82) is 0 Å². The molecule has 10 nitrogen and oxygen atoms in total. The first-order valence-corrected chi connectivity index (χ1v) is 19.1. The highest BCUT2D eigenvalue weighted by Crippen LogP contribution is 2.10. The van der Waals surface area contributed by atoms with Crippen molar-refractivity contribution < 1.29 is 39.2 Å². The number of hydrogen-bond donors (Lipinski definition) is 6. The van der Waals surface area contributed by atoms with Crippen LogP contribution in [0, 0.1) is 14.1 Å². The maximum Gasteiger partial charge on any atom is 0.492 e. The number of benzene rings is 3. The average molecular weight is 926 g/mol. The van der Waals surface area contributed by atoms with Gasteiger partial charge in [0.05, 0.1) is 22.7 Å². The quantitative estimate of drug-likeness (QED) is 0.122. The van der Waals surface area contributed by atoms with Gasteiger partial charge in [0.25, 0.3) is 0 Å². The first-order chi connectivity index (χ1) is 24.5. The minimum Gasteiger partial charge on any atom is -0.481 e. The maximum atomic E-state index is 11.7. The summed E-state index contributed by atoms with van der Waals surface area (Å²) in [6, 6.07) is 24.7. The van der Waals surface area contributed by atoms with Gasteiger partial charge in [-0.25, -0.2) is 0 Å². The Morgan fingerprint density at radius 1 is 0.725 bits per heavy atom. The number of furan rings is 1. The van der Waals surface area contributed by atoms with Gasteiger partial charge in [0.15, 0.2) is 0 Å². The molecule has 276 valence electrons. The van der Waals surface area contributed by atoms with E-state index in [2.05, 4.69) is 32.3 Å². The predicted octanol–water partition coefficient (Wildman–Crippen LogP) is 4.40. The third-order valence-corrected chi connectivity index (χ3v) is 9.02. The van der Waals surface area contributed by atoms with Gasteiger partial charge in [-0.1, -0.05) is 92.2 Å². The molecule has 6 rings (SSSR count). The lowest BCUT2D eigenvalue weighted by Crippen LogP contribution is -2.32. The monoisotopic (exact) mass is 926 g/mol. The number of nitrogens with one attached hydrogen (secondary N) is 1. The van der Waals surface area contributed by atoms with E-state index in [1.165, 1.54) is 51.3 Å². The highest BCUT2D eigenvalue weighted by molar-refractivity contribution is 14.1. The largest absolute Gasteiger partial charge is 0.492 e. The summed E-state index contributed by atoms with van der Waals surface area (Å²) in [6.07, 6.45) is 8.55. The van der Waals surface area contributed by atoms with E-state index in [4.69, 9.17) is 25.2 Å². The van der Waals surface area contributed by atoms with Crippen LogP contribution >= 0.6 is 45.2 Å². The van der Waals surface area contributed by atoms with Gasteiger partial charge in [-0.15, -0.1) is 0 Å². The Labute approximate surface area is 330 Å². The molecule has 4 aromatic rings. The van der Waals surface area contributed by atoms with Crippen molar-refractivity contribution in [2.24, 2.45) is 0 Å². The molecule has 14 heteroatoms. The van der Waals surface area contributed by atoms with Crippen LogP contribution < -0.4 is 16.2 Å². The summed E-state index contributed by atoms with van der Waals surface area (Å²) in [7, 11) is -2.78. The van der Waals surface area contributed by atoms with Gasteiger partial charge >= 0.3 is 20.2 Å². The van der Waals surface area contributed by atoms with Crippen molar-refractivity contribution in [2.45, 2.75) is 59.3 Å². The smallest absolute Gasteiger partial charge is 0.481 e. The number of nitrogens with zero attached hydrogens (tertiary/aromatic N) is 1. The third kappa shape index (κ3) is 20.8. The highest BCUT2D eigenvalue weighted by Gasteiger charge is 2.18. The molecule has 0 aliphatic carbocycles. The van der Waals surface area contributed by atoms with Crippen molar-refractivity contribution >= 4 is 82.2 Å². The Morgan fingerprint density at radius 2 is 1.24 bits per heavy atom. The lowest BCUT2D eigenvalue weighted by molar-refractivity contribution is -0.136. The number of carboxylic acids is 1. The Balaban J connectivity index is 0.000000323. The van der Waals surface area contributed by atoms with Crippen LogP contribution in [-0.4, -0.2) is 82.4 Å². The number of carbonyl (C=O) groups excluding carboxylic acids is 1. The lowest BCUT2D eigenvalue weighted by atomic mass is 9.80. The van der Waals surface area contributed by atoms with Crippen molar-refractivity contribution in [2.75, 3.05) is 26.2 Å². The molecule has 2 aliphatic heterocycles. The first kappa shape index (κ1) is 46.3. The zero-order chi connectivity index (χ0) is 38.0. The van der Waals surface area contributed by atoms with Gasteiger partial charge < -0.3 is 39.8 Å². The fourth-order valence-corrected chi connectivity index (χ4v) is 5.75. The molecule has 1 aromatic heterocycles. The number of rotatable bonds is 6. The molecule has 0 unspecified atom stereocenters. The lowest BCUT2D eigenvalue weighted by Gasteiger charge is -2.14. The Morgan fingerprint density at radius 3 is 1.61 bits per heavy atom. The molecular weight excluding hydrogens is 876 g/mol. The van der Waals surface area contributed by atoms with Crippen molar-refractivity contribution in [1.82, 2.24) is 10.2 Å². The number of carbonyl (C=O) groups is 2. The first-order valence-electron chi connectivity index (χ1n) is 17.0. The fraction of sp³-hybridized carbons (Fsp3) is 0.351. The van der Waals surface area contributed by atoms with Crippen LogP contribution in [0.4, 0.5) is 0 Å².